The summed E-state index contributed by atoms with van der Waals surface area (Å²) in [4.78, 5) is 37.0. The van der Waals surface area contributed by atoms with Crippen molar-refractivity contribution in [1.82, 2.24) is 10.6 Å². The molecule has 8 nitrogen and oxygen atoms in total. The van der Waals surface area contributed by atoms with E-state index in [0.717, 1.165) is 18.4 Å². The van der Waals surface area contributed by atoms with Crippen molar-refractivity contribution in [3.05, 3.63) is 29.8 Å². The average molecular weight is 423 g/mol. The normalized spacial score (nSPS) is 13.0. The van der Waals surface area contributed by atoms with Gasteiger partial charge in [-0.3, -0.25) is 4.79 Å². The molecular weight excluding hydrogens is 388 g/mol. The molecule has 1 aromatic rings. The molecule has 0 bridgehead atoms. The minimum atomic E-state index is -0.887. The third-order valence-corrected chi connectivity index (χ3v) is 4.07. The second-order valence-corrected chi connectivity index (χ2v) is 8.00. The van der Waals surface area contributed by atoms with Gasteiger partial charge in [-0.2, -0.15) is 0 Å². The van der Waals surface area contributed by atoms with Crippen molar-refractivity contribution in [2.75, 3.05) is 13.7 Å². The van der Waals surface area contributed by atoms with Gasteiger partial charge in [0.25, 0.3) is 0 Å². The van der Waals surface area contributed by atoms with Gasteiger partial charge in [0.15, 0.2) is 0 Å². The number of methoxy groups -OCH3 is 1. The van der Waals surface area contributed by atoms with E-state index in [4.69, 9.17) is 14.2 Å². The highest BCUT2D eigenvalue weighted by Crippen LogP contribution is 2.13. The molecule has 168 valence electrons. The number of hydrogen-bond acceptors (Lipinski definition) is 6. The number of benzene rings is 1. The summed E-state index contributed by atoms with van der Waals surface area (Å²) in [5, 5.41) is 5.14. The van der Waals surface area contributed by atoms with Crippen LogP contribution >= 0.6 is 0 Å². The molecule has 0 saturated heterocycles. The molecule has 0 unspecified atom stereocenters. The lowest BCUT2D eigenvalue weighted by Gasteiger charge is -2.23. The smallest absolute Gasteiger partial charge is 0.408 e. The van der Waals surface area contributed by atoms with Crippen LogP contribution in [0.4, 0.5) is 4.79 Å². The van der Waals surface area contributed by atoms with Crippen molar-refractivity contribution in [1.29, 1.82) is 0 Å². The van der Waals surface area contributed by atoms with E-state index in [1.54, 1.807) is 40.0 Å². The second-order valence-electron chi connectivity index (χ2n) is 8.00. The Balaban J connectivity index is 2.80. The molecule has 0 aliphatic rings. The summed E-state index contributed by atoms with van der Waals surface area (Å²) in [5.41, 5.74) is 0.154. The highest BCUT2D eigenvalue weighted by Gasteiger charge is 2.27. The molecule has 0 heterocycles. The third-order valence-electron chi connectivity index (χ3n) is 4.07. The number of carbonyl (C=O) groups is 3. The van der Waals surface area contributed by atoms with Gasteiger partial charge >= 0.3 is 12.1 Å². The average Bonchev–Trinajstić information content (AvgIpc) is 2.66. The lowest BCUT2D eigenvalue weighted by molar-refractivity contribution is -0.148. The molecule has 2 N–H and O–H groups in total. The molecule has 0 aliphatic heterocycles. The number of amides is 2. The molecule has 2 atom stereocenters. The Morgan fingerprint density at radius 1 is 1.07 bits per heavy atom. The van der Waals surface area contributed by atoms with E-state index in [1.165, 1.54) is 6.92 Å². The van der Waals surface area contributed by atoms with Crippen molar-refractivity contribution in [2.45, 2.75) is 71.6 Å². The highest BCUT2D eigenvalue weighted by molar-refractivity contribution is 5.89. The largest absolute Gasteiger partial charge is 0.497 e. The Hall–Kier alpha value is -2.77. The number of esters is 1. The van der Waals surface area contributed by atoms with E-state index in [9.17, 15) is 14.4 Å². The first-order valence-corrected chi connectivity index (χ1v) is 10.1. The minimum absolute atomic E-state index is 0.250. The minimum Gasteiger partial charge on any atom is -0.497 e. The summed E-state index contributed by atoms with van der Waals surface area (Å²) in [6, 6.07) is 5.43. The number of hydrogen-bond donors (Lipinski definition) is 2. The van der Waals surface area contributed by atoms with Crippen molar-refractivity contribution in [3.8, 4) is 5.75 Å². The van der Waals surface area contributed by atoms with E-state index >= 15 is 0 Å². The number of alkyl carbamates (subject to hydrolysis) is 1. The van der Waals surface area contributed by atoms with E-state index in [2.05, 4.69) is 10.6 Å². The van der Waals surface area contributed by atoms with Crippen LogP contribution in [0, 0.1) is 0 Å². The summed E-state index contributed by atoms with van der Waals surface area (Å²) in [7, 11) is 1.57. The van der Waals surface area contributed by atoms with Crippen LogP contribution < -0.4 is 15.4 Å². The van der Waals surface area contributed by atoms with Crippen LogP contribution in [0.3, 0.4) is 0 Å². The van der Waals surface area contributed by atoms with Crippen molar-refractivity contribution >= 4 is 18.0 Å². The predicted octanol–water partition coefficient (Wildman–Crippen LogP) is 2.98. The fraction of sp³-hybridized carbons (Fsp3) is 0.591. The molecule has 1 aromatic carbocycles. The zero-order valence-corrected chi connectivity index (χ0v) is 18.7. The number of unbranched alkanes of at least 4 members (excludes halogenated alkanes) is 1. The van der Waals surface area contributed by atoms with Crippen molar-refractivity contribution in [3.63, 3.8) is 0 Å². The maximum absolute atomic E-state index is 12.6. The third kappa shape index (κ3) is 9.62. The number of rotatable bonds is 10. The Morgan fingerprint density at radius 3 is 2.23 bits per heavy atom. The number of carbonyl (C=O) groups excluding carboxylic acids is 3. The van der Waals surface area contributed by atoms with Gasteiger partial charge in [-0.15, -0.1) is 0 Å². The van der Waals surface area contributed by atoms with Crippen LogP contribution in [-0.2, 0) is 25.5 Å². The highest BCUT2D eigenvalue weighted by atomic mass is 16.6. The van der Waals surface area contributed by atoms with Crippen LogP contribution in [0.15, 0.2) is 24.3 Å². The molecule has 0 radical (unpaired) electrons. The summed E-state index contributed by atoms with van der Waals surface area (Å²) in [6.07, 6.45) is 1.17. The molecule has 0 fully saturated rings. The van der Waals surface area contributed by atoms with E-state index in [0.29, 0.717) is 5.75 Å². The Labute approximate surface area is 178 Å². The van der Waals surface area contributed by atoms with Crippen LogP contribution in [0.25, 0.3) is 0 Å². The Kier molecular flexibility index (Phi) is 10.1. The summed E-state index contributed by atoms with van der Waals surface area (Å²) in [5.74, 6) is -0.330. The van der Waals surface area contributed by atoms with E-state index in [-0.39, 0.29) is 13.0 Å². The second kappa shape index (κ2) is 12.0. The van der Waals surface area contributed by atoms with Gasteiger partial charge in [-0.05, 0) is 51.8 Å². The van der Waals surface area contributed by atoms with Gasteiger partial charge in [-0.25, -0.2) is 9.59 Å². The SMILES string of the molecule is CCCCOC(=O)[C@H](Cc1ccc(OC)cc1)NC(=O)[C@@H](C)NC(=O)OC(C)(C)C. The molecular formula is C22H34N2O6. The molecule has 30 heavy (non-hydrogen) atoms. The fourth-order valence-electron chi connectivity index (χ4n) is 2.45. The van der Waals surface area contributed by atoms with Crippen LogP contribution in [0.2, 0.25) is 0 Å². The molecule has 0 spiro atoms. The van der Waals surface area contributed by atoms with E-state index < -0.39 is 35.7 Å². The zero-order chi connectivity index (χ0) is 22.7. The summed E-state index contributed by atoms with van der Waals surface area (Å²) >= 11 is 0. The maximum atomic E-state index is 12.6. The lowest BCUT2D eigenvalue weighted by Crippen LogP contribution is -2.52. The molecule has 0 saturated carbocycles. The predicted molar refractivity (Wildman–Crippen MR) is 113 cm³/mol. The topological polar surface area (TPSA) is 103 Å². The monoisotopic (exact) mass is 422 g/mol. The maximum Gasteiger partial charge on any atom is 0.408 e. The standard InChI is InChI=1S/C22H34N2O6/c1-7-8-13-29-20(26)18(14-16-9-11-17(28-6)12-10-16)24-19(25)15(2)23-21(27)30-22(3,4)5/h9-12,15,18H,7-8,13-14H2,1-6H3,(H,23,27)(H,24,25)/t15-,18+/m1/s1. The van der Waals surface area contributed by atoms with Gasteiger partial charge in [0.05, 0.1) is 13.7 Å². The van der Waals surface area contributed by atoms with Gasteiger partial charge < -0.3 is 24.8 Å². The van der Waals surface area contributed by atoms with Gasteiger partial charge in [0, 0.05) is 6.42 Å². The summed E-state index contributed by atoms with van der Waals surface area (Å²) in [6.45, 7) is 8.99. The van der Waals surface area contributed by atoms with Gasteiger partial charge in [0.1, 0.15) is 23.4 Å². The first-order chi connectivity index (χ1) is 14.1. The molecule has 0 aromatic heterocycles. The first-order valence-electron chi connectivity index (χ1n) is 10.1. The van der Waals surface area contributed by atoms with Crippen LogP contribution in [0.5, 0.6) is 5.75 Å². The number of ether oxygens (including phenoxy) is 3. The zero-order valence-electron chi connectivity index (χ0n) is 18.7. The first kappa shape index (κ1) is 25.3. The molecule has 8 heteroatoms. The Bertz CT molecular complexity index is 697. The Morgan fingerprint density at radius 2 is 1.70 bits per heavy atom. The molecule has 0 aliphatic carbocycles. The molecule has 2 amide bonds. The van der Waals surface area contributed by atoms with Crippen molar-refractivity contribution in [2.24, 2.45) is 0 Å². The van der Waals surface area contributed by atoms with Crippen molar-refractivity contribution < 1.29 is 28.6 Å². The number of nitrogens with one attached hydrogen (secondary N) is 2. The molecule has 1 rings (SSSR count). The van der Waals surface area contributed by atoms with E-state index in [1.807, 2.05) is 19.1 Å². The quantitative estimate of drug-likeness (QED) is 0.444. The fourth-order valence-corrected chi connectivity index (χ4v) is 2.45. The van der Waals surface area contributed by atoms with Gasteiger partial charge in [0.2, 0.25) is 5.91 Å². The summed E-state index contributed by atoms with van der Waals surface area (Å²) < 4.78 is 15.6. The van der Waals surface area contributed by atoms with Crippen LogP contribution in [0.1, 0.15) is 53.0 Å². The lowest BCUT2D eigenvalue weighted by atomic mass is 10.1. The van der Waals surface area contributed by atoms with Crippen LogP contribution in [-0.4, -0.2) is 49.4 Å². The van der Waals surface area contributed by atoms with Gasteiger partial charge in [-0.1, -0.05) is 25.5 Å².